The van der Waals surface area contributed by atoms with E-state index in [0.717, 1.165) is 6.54 Å². The van der Waals surface area contributed by atoms with Crippen LogP contribution in [0.2, 0.25) is 0 Å². The SMILES string of the molecule is CCCC(C)N(C)c1ccc(CNC(C)C)c(C)c1. The van der Waals surface area contributed by atoms with Gasteiger partial charge in [0.2, 0.25) is 0 Å². The molecule has 1 aromatic carbocycles. The molecule has 0 amide bonds. The van der Waals surface area contributed by atoms with E-state index in [1.807, 2.05) is 0 Å². The lowest BCUT2D eigenvalue weighted by molar-refractivity contribution is 0.587. The van der Waals surface area contributed by atoms with Crippen molar-refractivity contribution in [2.45, 2.75) is 66.1 Å². The summed E-state index contributed by atoms with van der Waals surface area (Å²) in [5, 5.41) is 3.48. The van der Waals surface area contributed by atoms with Gasteiger partial charge in [-0.25, -0.2) is 0 Å². The summed E-state index contributed by atoms with van der Waals surface area (Å²) in [7, 11) is 2.20. The minimum absolute atomic E-state index is 0.534. The Kier molecular flexibility index (Phi) is 6.36. The molecule has 0 aliphatic rings. The standard InChI is InChI=1S/C17H30N2/c1-7-8-15(5)19(6)17-10-9-16(14(4)11-17)12-18-13(2)3/h9-11,13,15,18H,7-8,12H2,1-6H3. The van der Waals surface area contributed by atoms with Crippen molar-refractivity contribution in [3.63, 3.8) is 0 Å². The molecule has 1 unspecified atom stereocenters. The highest BCUT2D eigenvalue weighted by atomic mass is 15.1. The molecule has 0 radical (unpaired) electrons. The van der Waals surface area contributed by atoms with Gasteiger partial charge in [0, 0.05) is 31.4 Å². The summed E-state index contributed by atoms with van der Waals surface area (Å²) in [6.45, 7) is 12.1. The Balaban J connectivity index is 2.75. The molecular weight excluding hydrogens is 232 g/mol. The Morgan fingerprint density at radius 3 is 2.42 bits per heavy atom. The van der Waals surface area contributed by atoms with Gasteiger partial charge in [-0.1, -0.05) is 33.3 Å². The Morgan fingerprint density at radius 2 is 1.89 bits per heavy atom. The first kappa shape index (κ1) is 16.0. The largest absolute Gasteiger partial charge is 0.372 e. The van der Waals surface area contributed by atoms with Gasteiger partial charge in [0.1, 0.15) is 0 Å². The summed E-state index contributed by atoms with van der Waals surface area (Å²) in [6.07, 6.45) is 2.48. The molecule has 1 atom stereocenters. The first-order valence-corrected chi connectivity index (χ1v) is 7.51. The molecule has 0 aliphatic heterocycles. The average molecular weight is 262 g/mol. The molecule has 1 rings (SSSR count). The normalized spacial score (nSPS) is 12.8. The van der Waals surface area contributed by atoms with Crippen LogP contribution in [0.25, 0.3) is 0 Å². The van der Waals surface area contributed by atoms with Crippen LogP contribution >= 0.6 is 0 Å². The van der Waals surface area contributed by atoms with Crippen molar-refractivity contribution in [2.75, 3.05) is 11.9 Å². The quantitative estimate of drug-likeness (QED) is 0.795. The summed E-state index contributed by atoms with van der Waals surface area (Å²) in [6, 6.07) is 7.95. The zero-order valence-corrected chi connectivity index (χ0v) is 13.5. The van der Waals surface area contributed by atoms with Gasteiger partial charge in [0.05, 0.1) is 0 Å². The van der Waals surface area contributed by atoms with E-state index in [1.165, 1.54) is 29.7 Å². The molecule has 0 aliphatic carbocycles. The van der Waals surface area contributed by atoms with Crippen molar-refractivity contribution in [2.24, 2.45) is 0 Å². The molecule has 108 valence electrons. The summed E-state index contributed by atoms with van der Waals surface area (Å²) in [5.74, 6) is 0. The lowest BCUT2D eigenvalue weighted by Crippen LogP contribution is -2.28. The number of hydrogen-bond donors (Lipinski definition) is 1. The molecule has 0 heterocycles. The van der Waals surface area contributed by atoms with E-state index < -0.39 is 0 Å². The van der Waals surface area contributed by atoms with Crippen LogP contribution in [0.15, 0.2) is 18.2 Å². The molecule has 1 N–H and O–H groups in total. The van der Waals surface area contributed by atoms with Crippen LogP contribution in [-0.4, -0.2) is 19.1 Å². The Bertz CT molecular complexity index is 385. The van der Waals surface area contributed by atoms with Crippen molar-refractivity contribution in [3.8, 4) is 0 Å². The van der Waals surface area contributed by atoms with E-state index in [4.69, 9.17) is 0 Å². The fourth-order valence-corrected chi connectivity index (χ4v) is 2.28. The van der Waals surface area contributed by atoms with Crippen molar-refractivity contribution < 1.29 is 0 Å². The Labute approximate surface area is 119 Å². The maximum atomic E-state index is 3.48. The van der Waals surface area contributed by atoms with Gasteiger partial charge in [-0.2, -0.15) is 0 Å². The molecule has 0 aromatic heterocycles. The van der Waals surface area contributed by atoms with Crippen LogP contribution in [0, 0.1) is 6.92 Å². The summed E-state index contributed by atoms with van der Waals surface area (Å²) >= 11 is 0. The zero-order chi connectivity index (χ0) is 14.4. The van der Waals surface area contributed by atoms with E-state index >= 15 is 0 Å². The van der Waals surface area contributed by atoms with Gasteiger partial charge >= 0.3 is 0 Å². The van der Waals surface area contributed by atoms with Crippen LogP contribution in [0.1, 0.15) is 51.7 Å². The Morgan fingerprint density at radius 1 is 1.21 bits per heavy atom. The topological polar surface area (TPSA) is 15.3 Å². The van der Waals surface area contributed by atoms with E-state index in [9.17, 15) is 0 Å². The molecule has 0 bridgehead atoms. The lowest BCUT2D eigenvalue weighted by Gasteiger charge is -2.27. The number of nitrogens with one attached hydrogen (secondary N) is 1. The second-order valence-electron chi connectivity index (χ2n) is 5.89. The number of hydrogen-bond acceptors (Lipinski definition) is 2. The number of nitrogens with zero attached hydrogens (tertiary/aromatic N) is 1. The highest BCUT2D eigenvalue weighted by Gasteiger charge is 2.10. The van der Waals surface area contributed by atoms with Crippen LogP contribution in [0.5, 0.6) is 0 Å². The third-order valence-electron chi connectivity index (χ3n) is 3.80. The summed E-state index contributed by atoms with van der Waals surface area (Å²) < 4.78 is 0. The van der Waals surface area contributed by atoms with E-state index in [-0.39, 0.29) is 0 Å². The van der Waals surface area contributed by atoms with E-state index in [2.05, 4.69) is 70.1 Å². The third-order valence-corrected chi connectivity index (χ3v) is 3.80. The van der Waals surface area contributed by atoms with Crippen LogP contribution < -0.4 is 10.2 Å². The summed E-state index contributed by atoms with van der Waals surface area (Å²) in [5.41, 5.74) is 4.10. The van der Waals surface area contributed by atoms with Crippen molar-refractivity contribution in [1.29, 1.82) is 0 Å². The molecule has 2 heteroatoms. The predicted octanol–water partition coefficient (Wildman–Crippen LogP) is 4.12. The number of anilines is 1. The molecule has 0 fully saturated rings. The number of aryl methyl sites for hydroxylation is 1. The van der Waals surface area contributed by atoms with Gasteiger partial charge in [-0.3, -0.25) is 0 Å². The third kappa shape index (κ3) is 4.87. The van der Waals surface area contributed by atoms with Crippen molar-refractivity contribution >= 4 is 5.69 Å². The lowest BCUT2D eigenvalue weighted by atomic mass is 10.1. The number of rotatable bonds is 7. The van der Waals surface area contributed by atoms with Gasteiger partial charge in [0.15, 0.2) is 0 Å². The van der Waals surface area contributed by atoms with Crippen molar-refractivity contribution in [1.82, 2.24) is 5.32 Å². The minimum Gasteiger partial charge on any atom is -0.372 e. The van der Waals surface area contributed by atoms with Crippen LogP contribution in [0.4, 0.5) is 5.69 Å². The predicted molar refractivity (Wildman–Crippen MR) is 85.9 cm³/mol. The monoisotopic (exact) mass is 262 g/mol. The zero-order valence-electron chi connectivity index (χ0n) is 13.5. The highest BCUT2D eigenvalue weighted by molar-refractivity contribution is 5.50. The molecule has 1 aromatic rings. The molecule has 0 saturated heterocycles. The van der Waals surface area contributed by atoms with Gasteiger partial charge in [-0.15, -0.1) is 0 Å². The van der Waals surface area contributed by atoms with Crippen LogP contribution in [-0.2, 0) is 6.54 Å². The molecule has 2 nitrogen and oxygen atoms in total. The number of benzene rings is 1. The maximum Gasteiger partial charge on any atom is 0.0368 e. The van der Waals surface area contributed by atoms with Crippen molar-refractivity contribution in [3.05, 3.63) is 29.3 Å². The van der Waals surface area contributed by atoms with Gasteiger partial charge < -0.3 is 10.2 Å². The highest BCUT2D eigenvalue weighted by Crippen LogP contribution is 2.21. The van der Waals surface area contributed by atoms with Crippen LogP contribution in [0.3, 0.4) is 0 Å². The first-order chi connectivity index (χ1) is 8.95. The second kappa shape index (κ2) is 7.54. The van der Waals surface area contributed by atoms with Gasteiger partial charge in [-0.05, 0) is 43.5 Å². The smallest absolute Gasteiger partial charge is 0.0368 e. The first-order valence-electron chi connectivity index (χ1n) is 7.51. The average Bonchev–Trinajstić information content (AvgIpc) is 2.36. The fourth-order valence-electron chi connectivity index (χ4n) is 2.28. The Hall–Kier alpha value is -1.02. The molecular formula is C17H30N2. The summed E-state index contributed by atoms with van der Waals surface area (Å²) in [4.78, 5) is 2.39. The minimum atomic E-state index is 0.534. The van der Waals surface area contributed by atoms with E-state index in [1.54, 1.807) is 0 Å². The fraction of sp³-hybridized carbons (Fsp3) is 0.647. The molecule has 0 saturated carbocycles. The van der Waals surface area contributed by atoms with E-state index in [0.29, 0.717) is 12.1 Å². The molecule has 0 spiro atoms. The maximum absolute atomic E-state index is 3.48. The second-order valence-corrected chi connectivity index (χ2v) is 5.89. The van der Waals surface area contributed by atoms with Gasteiger partial charge in [0.25, 0.3) is 0 Å². The molecule has 19 heavy (non-hydrogen) atoms.